The van der Waals surface area contributed by atoms with Gasteiger partial charge >= 0.3 is 0 Å². The normalized spacial score (nSPS) is 9.86. The van der Waals surface area contributed by atoms with Crippen molar-refractivity contribution in [3.05, 3.63) is 24.3 Å². The van der Waals surface area contributed by atoms with E-state index in [1.807, 2.05) is 24.3 Å². The largest absolute Gasteiger partial charge is 0.497 e. The summed E-state index contributed by atoms with van der Waals surface area (Å²) in [5, 5.41) is 3.32. The van der Waals surface area contributed by atoms with Crippen LogP contribution in [0.1, 0.15) is 12.8 Å². The summed E-state index contributed by atoms with van der Waals surface area (Å²) in [6.07, 6.45) is 2.19. The van der Waals surface area contributed by atoms with Gasteiger partial charge in [0.2, 0.25) is 0 Å². The van der Waals surface area contributed by atoms with Crippen molar-refractivity contribution in [1.82, 2.24) is 0 Å². The molecule has 1 rings (SSSR count). The highest BCUT2D eigenvalue weighted by atomic mass is 16.5. The van der Waals surface area contributed by atoms with E-state index in [1.165, 1.54) is 0 Å². The average molecular weight is 194 g/mol. The predicted octanol–water partition coefficient (Wildman–Crippen LogP) is 1.85. The van der Waals surface area contributed by atoms with Crippen molar-refractivity contribution < 1.29 is 4.74 Å². The van der Waals surface area contributed by atoms with Crippen LogP contribution in [0.15, 0.2) is 24.3 Å². The molecule has 0 radical (unpaired) electrons. The molecular formula is C11H18N2O. The molecule has 3 N–H and O–H groups in total. The molecule has 0 aromatic heterocycles. The van der Waals surface area contributed by atoms with Crippen LogP contribution in [0.3, 0.4) is 0 Å². The Bertz CT molecular complexity index is 246. The zero-order valence-corrected chi connectivity index (χ0v) is 8.62. The lowest BCUT2D eigenvalue weighted by atomic mass is 10.2. The second-order valence-electron chi connectivity index (χ2n) is 3.15. The van der Waals surface area contributed by atoms with E-state index in [0.717, 1.165) is 37.4 Å². The van der Waals surface area contributed by atoms with Crippen LogP contribution in [0, 0.1) is 0 Å². The number of unbranched alkanes of at least 4 members (excludes halogenated alkanes) is 1. The van der Waals surface area contributed by atoms with E-state index < -0.39 is 0 Å². The van der Waals surface area contributed by atoms with E-state index in [9.17, 15) is 0 Å². The summed E-state index contributed by atoms with van der Waals surface area (Å²) in [5.41, 5.74) is 6.53. The van der Waals surface area contributed by atoms with Gasteiger partial charge in [0, 0.05) is 12.2 Å². The van der Waals surface area contributed by atoms with Gasteiger partial charge in [0.1, 0.15) is 5.75 Å². The highest BCUT2D eigenvalue weighted by Gasteiger charge is 1.92. The van der Waals surface area contributed by atoms with Crippen LogP contribution in [0.25, 0.3) is 0 Å². The number of ether oxygens (including phenoxy) is 1. The van der Waals surface area contributed by atoms with Crippen LogP contribution in [0.2, 0.25) is 0 Å². The van der Waals surface area contributed by atoms with Gasteiger partial charge in [0.15, 0.2) is 0 Å². The molecule has 0 aliphatic rings. The van der Waals surface area contributed by atoms with Crippen LogP contribution >= 0.6 is 0 Å². The molecule has 0 unspecified atom stereocenters. The van der Waals surface area contributed by atoms with Crippen LogP contribution in [-0.4, -0.2) is 20.2 Å². The molecule has 1 aromatic rings. The molecule has 0 heterocycles. The zero-order chi connectivity index (χ0) is 10.2. The van der Waals surface area contributed by atoms with E-state index in [4.69, 9.17) is 10.5 Å². The fourth-order valence-corrected chi connectivity index (χ4v) is 1.21. The quantitative estimate of drug-likeness (QED) is 0.679. The molecule has 0 spiro atoms. The minimum Gasteiger partial charge on any atom is -0.497 e. The fraction of sp³-hybridized carbons (Fsp3) is 0.455. The molecule has 0 saturated carbocycles. The lowest BCUT2D eigenvalue weighted by Gasteiger charge is -2.06. The number of hydrogen-bond donors (Lipinski definition) is 2. The number of methoxy groups -OCH3 is 1. The van der Waals surface area contributed by atoms with Crippen molar-refractivity contribution in [3.8, 4) is 5.75 Å². The van der Waals surface area contributed by atoms with Crippen molar-refractivity contribution >= 4 is 5.69 Å². The van der Waals surface area contributed by atoms with Gasteiger partial charge in [-0.05, 0) is 43.7 Å². The van der Waals surface area contributed by atoms with E-state index in [-0.39, 0.29) is 0 Å². The summed E-state index contributed by atoms with van der Waals surface area (Å²) in [7, 11) is 1.67. The van der Waals surface area contributed by atoms with Gasteiger partial charge in [-0.3, -0.25) is 0 Å². The monoisotopic (exact) mass is 194 g/mol. The Morgan fingerprint density at radius 3 is 2.50 bits per heavy atom. The van der Waals surface area contributed by atoms with Crippen LogP contribution in [0.4, 0.5) is 5.69 Å². The van der Waals surface area contributed by atoms with Gasteiger partial charge in [-0.25, -0.2) is 0 Å². The number of hydrogen-bond acceptors (Lipinski definition) is 3. The van der Waals surface area contributed by atoms with Crippen molar-refractivity contribution in [1.29, 1.82) is 0 Å². The Labute approximate surface area is 85.3 Å². The highest BCUT2D eigenvalue weighted by molar-refractivity contribution is 5.46. The Morgan fingerprint density at radius 2 is 1.93 bits per heavy atom. The molecule has 3 nitrogen and oxygen atoms in total. The third-order valence-corrected chi connectivity index (χ3v) is 2.05. The number of nitrogens with one attached hydrogen (secondary N) is 1. The summed E-state index contributed by atoms with van der Waals surface area (Å²) >= 11 is 0. The molecule has 0 fully saturated rings. The van der Waals surface area contributed by atoms with Crippen molar-refractivity contribution in [2.75, 3.05) is 25.5 Å². The molecule has 0 amide bonds. The van der Waals surface area contributed by atoms with Gasteiger partial charge in [-0.1, -0.05) is 0 Å². The molecule has 0 saturated heterocycles. The fourth-order valence-electron chi connectivity index (χ4n) is 1.21. The summed E-state index contributed by atoms with van der Waals surface area (Å²) in [4.78, 5) is 0. The van der Waals surface area contributed by atoms with E-state index >= 15 is 0 Å². The molecule has 3 heteroatoms. The molecule has 0 aliphatic heterocycles. The van der Waals surface area contributed by atoms with Gasteiger partial charge < -0.3 is 15.8 Å². The van der Waals surface area contributed by atoms with Gasteiger partial charge in [0.05, 0.1) is 7.11 Å². The van der Waals surface area contributed by atoms with Crippen LogP contribution in [-0.2, 0) is 0 Å². The SMILES string of the molecule is COc1ccc(NCCCCN)cc1. The maximum Gasteiger partial charge on any atom is 0.119 e. The third-order valence-electron chi connectivity index (χ3n) is 2.05. The Hall–Kier alpha value is -1.22. The molecule has 0 aliphatic carbocycles. The van der Waals surface area contributed by atoms with Gasteiger partial charge in [0.25, 0.3) is 0 Å². The minimum atomic E-state index is 0.768. The number of benzene rings is 1. The first-order chi connectivity index (χ1) is 6.86. The van der Waals surface area contributed by atoms with Crippen molar-refractivity contribution in [2.24, 2.45) is 5.73 Å². The second-order valence-corrected chi connectivity index (χ2v) is 3.15. The summed E-state index contributed by atoms with van der Waals surface area (Å²) in [5.74, 6) is 0.887. The molecule has 0 bridgehead atoms. The first-order valence-electron chi connectivity index (χ1n) is 4.95. The topological polar surface area (TPSA) is 47.3 Å². The predicted molar refractivity (Wildman–Crippen MR) is 59.8 cm³/mol. The number of nitrogens with two attached hydrogens (primary N) is 1. The molecule has 1 aromatic carbocycles. The third kappa shape index (κ3) is 3.66. The van der Waals surface area contributed by atoms with Gasteiger partial charge in [-0.2, -0.15) is 0 Å². The van der Waals surface area contributed by atoms with Crippen molar-refractivity contribution in [2.45, 2.75) is 12.8 Å². The molecular weight excluding hydrogens is 176 g/mol. The lowest BCUT2D eigenvalue weighted by molar-refractivity contribution is 0.415. The maximum absolute atomic E-state index is 5.40. The average Bonchev–Trinajstić information content (AvgIpc) is 2.25. The minimum absolute atomic E-state index is 0.768. The first-order valence-corrected chi connectivity index (χ1v) is 4.95. The second kappa shape index (κ2) is 6.27. The van der Waals surface area contributed by atoms with Crippen molar-refractivity contribution in [3.63, 3.8) is 0 Å². The van der Waals surface area contributed by atoms with Crippen LogP contribution in [0.5, 0.6) is 5.75 Å². The number of rotatable bonds is 6. The number of anilines is 1. The standard InChI is InChI=1S/C11H18N2O/c1-14-11-6-4-10(5-7-11)13-9-3-2-8-12/h4-7,13H,2-3,8-9,12H2,1H3. The van der Waals surface area contributed by atoms with E-state index in [1.54, 1.807) is 7.11 Å². The Morgan fingerprint density at radius 1 is 1.21 bits per heavy atom. The summed E-state index contributed by atoms with van der Waals surface area (Å²) in [6, 6.07) is 7.93. The maximum atomic E-state index is 5.40. The van der Waals surface area contributed by atoms with E-state index in [2.05, 4.69) is 5.32 Å². The Balaban J connectivity index is 2.29. The van der Waals surface area contributed by atoms with Gasteiger partial charge in [-0.15, -0.1) is 0 Å². The smallest absolute Gasteiger partial charge is 0.119 e. The molecule has 78 valence electrons. The lowest BCUT2D eigenvalue weighted by Crippen LogP contribution is -2.05. The summed E-state index contributed by atoms with van der Waals surface area (Å²) in [6.45, 7) is 1.74. The van der Waals surface area contributed by atoms with Crippen LogP contribution < -0.4 is 15.8 Å². The first kappa shape index (κ1) is 10.9. The summed E-state index contributed by atoms with van der Waals surface area (Å²) < 4.78 is 5.07. The molecule has 14 heavy (non-hydrogen) atoms. The highest BCUT2D eigenvalue weighted by Crippen LogP contribution is 2.14. The Kier molecular flexibility index (Phi) is 4.86. The molecule has 0 atom stereocenters. The zero-order valence-electron chi connectivity index (χ0n) is 8.62. The van der Waals surface area contributed by atoms with E-state index in [0.29, 0.717) is 0 Å².